The standard InChI is InChI=1S/C28H32N4O4/c1-18-16-19(22-6-2-4-8-24(22)30-18)17-36-21-12-10-20(11-13-21)28(29)14-15-32(27(28)34)25-9-5-3-7-23(25)26(33)31-35/h2,4,6,8,10-13,16,23,25,35H,3,5,7,9,14-15,17,29H2,1H3,(H,31,33). The summed E-state index contributed by atoms with van der Waals surface area (Å²) in [5, 5.41) is 10.2. The van der Waals surface area contributed by atoms with Crippen LogP contribution < -0.4 is 16.0 Å². The summed E-state index contributed by atoms with van der Waals surface area (Å²) in [7, 11) is 0. The zero-order valence-electron chi connectivity index (χ0n) is 20.4. The van der Waals surface area contributed by atoms with Gasteiger partial charge in [-0.05, 0) is 56.0 Å². The zero-order chi connectivity index (χ0) is 25.3. The molecular formula is C28H32N4O4. The number of hydrogen-bond acceptors (Lipinski definition) is 6. The molecule has 1 aromatic heterocycles. The molecule has 0 spiro atoms. The summed E-state index contributed by atoms with van der Waals surface area (Å²) < 4.78 is 6.07. The van der Waals surface area contributed by atoms with Crippen LogP contribution in [-0.4, -0.2) is 39.5 Å². The Balaban J connectivity index is 1.30. The maximum atomic E-state index is 13.5. The van der Waals surface area contributed by atoms with Crippen LogP contribution in [0.15, 0.2) is 54.6 Å². The Labute approximate surface area is 210 Å². The highest BCUT2D eigenvalue weighted by Crippen LogP contribution is 2.38. The van der Waals surface area contributed by atoms with Crippen LogP contribution >= 0.6 is 0 Å². The second kappa shape index (κ2) is 9.87. The second-order valence-corrected chi connectivity index (χ2v) is 9.91. The molecule has 8 heteroatoms. The number of carbonyl (C=O) groups excluding carboxylic acids is 2. The van der Waals surface area contributed by atoms with Crippen molar-refractivity contribution in [3.05, 3.63) is 71.4 Å². The highest BCUT2D eigenvalue weighted by Gasteiger charge is 2.49. The van der Waals surface area contributed by atoms with Crippen molar-refractivity contribution < 1.29 is 19.5 Å². The average Bonchev–Trinajstić information content (AvgIpc) is 3.21. The summed E-state index contributed by atoms with van der Waals surface area (Å²) in [6.45, 7) is 2.86. The topological polar surface area (TPSA) is 118 Å². The van der Waals surface area contributed by atoms with Crippen molar-refractivity contribution >= 4 is 22.7 Å². The number of amides is 2. The van der Waals surface area contributed by atoms with Gasteiger partial charge < -0.3 is 15.4 Å². The fourth-order valence-electron chi connectivity index (χ4n) is 5.74. The first-order valence-corrected chi connectivity index (χ1v) is 12.5. The normalized spacial score (nSPS) is 24.2. The summed E-state index contributed by atoms with van der Waals surface area (Å²) in [6, 6.07) is 17.2. The lowest BCUT2D eigenvalue weighted by Crippen LogP contribution is -2.52. The Morgan fingerprint density at radius 3 is 2.72 bits per heavy atom. The van der Waals surface area contributed by atoms with E-state index in [1.54, 1.807) is 10.4 Å². The fourth-order valence-corrected chi connectivity index (χ4v) is 5.74. The molecule has 3 aromatic rings. The fraction of sp³-hybridized carbons (Fsp3) is 0.393. The predicted octanol–water partition coefficient (Wildman–Crippen LogP) is 3.57. The number of nitrogens with two attached hydrogens (primary N) is 1. The highest BCUT2D eigenvalue weighted by atomic mass is 16.5. The van der Waals surface area contributed by atoms with Gasteiger partial charge >= 0.3 is 0 Å². The molecule has 188 valence electrons. The van der Waals surface area contributed by atoms with E-state index < -0.39 is 17.4 Å². The molecule has 3 atom stereocenters. The monoisotopic (exact) mass is 488 g/mol. The molecule has 1 aliphatic heterocycles. The Hall–Kier alpha value is -3.49. The van der Waals surface area contributed by atoms with Crippen LogP contribution in [0.4, 0.5) is 0 Å². The first-order chi connectivity index (χ1) is 17.4. The van der Waals surface area contributed by atoms with Gasteiger partial charge in [-0.2, -0.15) is 0 Å². The van der Waals surface area contributed by atoms with Gasteiger partial charge in [-0.3, -0.25) is 19.8 Å². The van der Waals surface area contributed by atoms with E-state index in [1.165, 1.54) is 0 Å². The van der Waals surface area contributed by atoms with Gasteiger partial charge in [0, 0.05) is 29.2 Å². The summed E-state index contributed by atoms with van der Waals surface area (Å²) in [5.41, 5.74) is 11.0. The van der Waals surface area contributed by atoms with Crippen molar-refractivity contribution in [2.45, 2.75) is 57.2 Å². The van der Waals surface area contributed by atoms with Gasteiger partial charge in [0.05, 0.1) is 11.4 Å². The van der Waals surface area contributed by atoms with Gasteiger partial charge in [0.25, 0.3) is 0 Å². The van der Waals surface area contributed by atoms with E-state index in [4.69, 9.17) is 15.7 Å². The SMILES string of the molecule is Cc1cc(COc2ccc(C3(N)CCN(C4CCCCC4C(=O)NO)C3=O)cc2)c2ccccc2n1. The lowest BCUT2D eigenvalue weighted by Gasteiger charge is -2.37. The molecule has 2 fully saturated rings. The number of ether oxygens (including phenoxy) is 1. The molecule has 8 nitrogen and oxygen atoms in total. The summed E-state index contributed by atoms with van der Waals surface area (Å²) in [5.74, 6) is -0.327. The quantitative estimate of drug-likeness (QED) is 0.361. The Bertz CT molecular complexity index is 1280. The van der Waals surface area contributed by atoms with Gasteiger partial charge in [-0.15, -0.1) is 0 Å². The predicted molar refractivity (Wildman–Crippen MR) is 135 cm³/mol. The van der Waals surface area contributed by atoms with Gasteiger partial charge in [0.1, 0.15) is 17.9 Å². The van der Waals surface area contributed by atoms with Crippen molar-refractivity contribution in [1.29, 1.82) is 0 Å². The molecule has 2 aromatic carbocycles. The van der Waals surface area contributed by atoms with E-state index >= 15 is 0 Å². The largest absolute Gasteiger partial charge is 0.489 e. The van der Waals surface area contributed by atoms with Crippen LogP contribution in [0.1, 0.15) is 48.9 Å². The Kier molecular flexibility index (Phi) is 6.64. The average molecular weight is 489 g/mol. The molecule has 0 bridgehead atoms. The number of fused-ring (bicyclic) bond motifs is 1. The number of aromatic nitrogens is 1. The number of para-hydroxylation sites is 1. The Morgan fingerprint density at radius 1 is 1.19 bits per heavy atom. The molecule has 2 heterocycles. The number of likely N-dealkylation sites (tertiary alicyclic amines) is 1. The number of hydroxylamine groups is 1. The number of nitrogens with zero attached hydrogens (tertiary/aromatic N) is 2. The van der Waals surface area contributed by atoms with Crippen LogP contribution in [0, 0.1) is 12.8 Å². The number of nitrogens with one attached hydrogen (secondary N) is 1. The summed E-state index contributed by atoms with van der Waals surface area (Å²) >= 11 is 0. The molecule has 5 rings (SSSR count). The third-order valence-electron chi connectivity index (χ3n) is 7.66. The number of hydrogen-bond donors (Lipinski definition) is 3. The van der Waals surface area contributed by atoms with Crippen molar-refractivity contribution in [2.75, 3.05) is 6.54 Å². The molecule has 1 saturated heterocycles. The number of aryl methyl sites for hydroxylation is 1. The molecule has 0 radical (unpaired) electrons. The molecule has 2 aliphatic rings. The molecule has 1 saturated carbocycles. The zero-order valence-corrected chi connectivity index (χ0v) is 20.4. The van der Waals surface area contributed by atoms with Crippen LogP contribution in [0.2, 0.25) is 0 Å². The maximum absolute atomic E-state index is 13.5. The molecule has 3 unspecified atom stereocenters. The van der Waals surface area contributed by atoms with Gasteiger partial charge in [-0.25, -0.2) is 5.48 Å². The maximum Gasteiger partial charge on any atom is 0.248 e. The van der Waals surface area contributed by atoms with E-state index in [9.17, 15) is 9.59 Å². The summed E-state index contributed by atoms with van der Waals surface area (Å²) in [4.78, 5) is 32.1. The number of carbonyl (C=O) groups is 2. The van der Waals surface area contributed by atoms with E-state index in [-0.39, 0.29) is 11.9 Å². The number of pyridine rings is 1. The van der Waals surface area contributed by atoms with Crippen molar-refractivity contribution in [3.63, 3.8) is 0 Å². The molecule has 36 heavy (non-hydrogen) atoms. The minimum atomic E-state index is -1.14. The third kappa shape index (κ3) is 4.42. The van der Waals surface area contributed by atoms with E-state index in [2.05, 4.69) is 4.98 Å². The number of benzene rings is 2. The first-order valence-electron chi connectivity index (χ1n) is 12.5. The lowest BCUT2D eigenvalue weighted by molar-refractivity contribution is -0.142. The Morgan fingerprint density at radius 2 is 1.94 bits per heavy atom. The van der Waals surface area contributed by atoms with Gasteiger partial charge in [0.15, 0.2) is 0 Å². The van der Waals surface area contributed by atoms with Crippen LogP contribution in [-0.2, 0) is 21.7 Å². The number of rotatable bonds is 6. The lowest BCUT2D eigenvalue weighted by atomic mass is 9.82. The van der Waals surface area contributed by atoms with Crippen LogP contribution in [0.5, 0.6) is 5.75 Å². The first kappa shape index (κ1) is 24.2. The minimum absolute atomic E-state index is 0.169. The molecule has 1 aliphatic carbocycles. The van der Waals surface area contributed by atoms with E-state index in [1.807, 2.05) is 61.5 Å². The van der Waals surface area contributed by atoms with E-state index in [0.717, 1.165) is 47.0 Å². The van der Waals surface area contributed by atoms with Crippen LogP contribution in [0.25, 0.3) is 10.9 Å². The van der Waals surface area contributed by atoms with Gasteiger partial charge in [0.2, 0.25) is 11.8 Å². The highest BCUT2D eigenvalue weighted by molar-refractivity contribution is 5.90. The smallest absolute Gasteiger partial charge is 0.248 e. The van der Waals surface area contributed by atoms with Gasteiger partial charge in [-0.1, -0.05) is 43.2 Å². The minimum Gasteiger partial charge on any atom is -0.489 e. The van der Waals surface area contributed by atoms with E-state index in [0.29, 0.717) is 31.7 Å². The second-order valence-electron chi connectivity index (χ2n) is 9.91. The molecule has 4 N–H and O–H groups in total. The van der Waals surface area contributed by atoms with Crippen molar-refractivity contribution in [2.24, 2.45) is 11.7 Å². The van der Waals surface area contributed by atoms with Crippen molar-refractivity contribution in [1.82, 2.24) is 15.4 Å². The molecule has 2 amide bonds. The van der Waals surface area contributed by atoms with Crippen LogP contribution in [0.3, 0.4) is 0 Å². The van der Waals surface area contributed by atoms with Crippen molar-refractivity contribution in [3.8, 4) is 5.75 Å². The molecular weight excluding hydrogens is 456 g/mol. The third-order valence-corrected chi connectivity index (χ3v) is 7.66. The summed E-state index contributed by atoms with van der Waals surface area (Å²) in [6.07, 6.45) is 3.70.